The van der Waals surface area contributed by atoms with E-state index in [0.717, 1.165) is 21.5 Å². The second kappa shape index (κ2) is 6.17. The quantitative estimate of drug-likeness (QED) is 0.834. The third-order valence-corrected chi connectivity index (χ3v) is 3.01. The molecule has 0 amide bonds. The van der Waals surface area contributed by atoms with Gasteiger partial charge in [-0.2, -0.15) is 0 Å². The molecular weight excluding hydrogens is 273 g/mol. The number of benzene rings is 1. The standard InChI is InChI=1S/C12H13BrClN/c1-3-11(4-2)15-8-9-5-6-10(13)7-12(9)14/h1,5-7,11,15H,4,8H2,2H3. The van der Waals surface area contributed by atoms with Crippen LogP contribution in [0.15, 0.2) is 22.7 Å². The number of hydrogen-bond acceptors (Lipinski definition) is 1. The molecule has 0 aliphatic carbocycles. The van der Waals surface area contributed by atoms with Crippen LogP contribution < -0.4 is 5.32 Å². The van der Waals surface area contributed by atoms with Gasteiger partial charge in [0.05, 0.1) is 6.04 Å². The molecule has 1 nitrogen and oxygen atoms in total. The lowest BCUT2D eigenvalue weighted by Gasteiger charge is -2.11. The van der Waals surface area contributed by atoms with Crippen LogP contribution in [0.4, 0.5) is 0 Å². The minimum Gasteiger partial charge on any atom is -0.300 e. The van der Waals surface area contributed by atoms with Gasteiger partial charge in [-0.05, 0) is 24.1 Å². The third kappa shape index (κ3) is 3.87. The Kier molecular flexibility index (Phi) is 5.17. The van der Waals surface area contributed by atoms with Crippen LogP contribution in [-0.2, 0) is 6.54 Å². The first-order valence-electron chi connectivity index (χ1n) is 4.80. The fourth-order valence-electron chi connectivity index (χ4n) is 1.22. The molecule has 0 radical (unpaired) electrons. The van der Waals surface area contributed by atoms with Gasteiger partial charge in [-0.1, -0.05) is 46.4 Å². The van der Waals surface area contributed by atoms with Crippen molar-refractivity contribution in [2.75, 3.05) is 0 Å². The number of terminal acetylenes is 1. The van der Waals surface area contributed by atoms with Crippen LogP contribution in [0.2, 0.25) is 5.02 Å². The predicted molar refractivity (Wildman–Crippen MR) is 68.9 cm³/mol. The fraction of sp³-hybridized carbons (Fsp3) is 0.333. The molecule has 0 fully saturated rings. The molecule has 1 rings (SSSR count). The van der Waals surface area contributed by atoms with Crippen molar-refractivity contribution < 1.29 is 0 Å². The van der Waals surface area contributed by atoms with Crippen LogP contribution in [0.3, 0.4) is 0 Å². The van der Waals surface area contributed by atoms with Gasteiger partial charge in [0.2, 0.25) is 0 Å². The summed E-state index contributed by atoms with van der Waals surface area (Å²) in [5.74, 6) is 2.69. The van der Waals surface area contributed by atoms with E-state index < -0.39 is 0 Å². The minimum atomic E-state index is 0.115. The van der Waals surface area contributed by atoms with Crippen molar-refractivity contribution in [1.82, 2.24) is 5.32 Å². The van der Waals surface area contributed by atoms with Gasteiger partial charge in [-0.15, -0.1) is 6.42 Å². The fourth-order valence-corrected chi connectivity index (χ4v) is 1.96. The Morgan fingerprint density at radius 2 is 2.33 bits per heavy atom. The monoisotopic (exact) mass is 285 g/mol. The number of halogens is 2. The Hall–Kier alpha value is -0.490. The predicted octanol–water partition coefficient (Wildman–Crippen LogP) is 3.60. The van der Waals surface area contributed by atoms with Crippen molar-refractivity contribution in [2.24, 2.45) is 0 Å². The van der Waals surface area contributed by atoms with Crippen molar-refractivity contribution >= 4 is 27.5 Å². The molecule has 0 heterocycles. The molecule has 0 saturated heterocycles. The maximum atomic E-state index is 6.08. The van der Waals surface area contributed by atoms with Crippen molar-refractivity contribution in [3.63, 3.8) is 0 Å². The smallest absolute Gasteiger partial charge is 0.0686 e. The molecule has 80 valence electrons. The summed E-state index contributed by atoms with van der Waals surface area (Å²) in [6.07, 6.45) is 6.28. The van der Waals surface area contributed by atoms with E-state index in [-0.39, 0.29) is 6.04 Å². The first-order chi connectivity index (χ1) is 7.17. The summed E-state index contributed by atoms with van der Waals surface area (Å²) in [5, 5.41) is 4.01. The summed E-state index contributed by atoms with van der Waals surface area (Å²) >= 11 is 9.44. The van der Waals surface area contributed by atoms with E-state index in [1.54, 1.807) is 0 Å². The van der Waals surface area contributed by atoms with E-state index in [9.17, 15) is 0 Å². The summed E-state index contributed by atoms with van der Waals surface area (Å²) in [5.41, 5.74) is 1.06. The first kappa shape index (κ1) is 12.6. The van der Waals surface area contributed by atoms with Crippen LogP contribution in [0, 0.1) is 12.3 Å². The molecule has 1 unspecified atom stereocenters. The summed E-state index contributed by atoms with van der Waals surface area (Å²) < 4.78 is 0.986. The Balaban J connectivity index is 2.62. The Morgan fingerprint density at radius 3 is 2.87 bits per heavy atom. The lowest BCUT2D eigenvalue weighted by Crippen LogP contribution is -2.26. The second-order valence-electron chi connectivity index (χ2n) is 3.24. The van der Waals surface area contributed by atoms with Gasteiger partial charge in [0.25, 0.3) is 0 Å². The Morgan fingerprint density at radius 1 is 1.60 bits per heavy atom. The molecular formula is C12H13BrClN. The zero-order chi connectivity index (χ0) is 11.3. The maximum Gasteiger partial charge on any atom is 0.0686 e. The van der Waals surface area contributed by atoms with Crippen molar-refractivity contribution in [1.29, 1.82) is 0 Å². The highest BCUT2D eigenvalue weighted by Crippen LogP contribution is 2.21. The molecule has 1 aromatic rings. The maximum absolute atomic E-state index is 6.08. The molecule has 3 heteroatoms. The summed E-state index contributed by atoms with van der Waals surface area (Å²) in [7, 11) is 0. The van der Waals surface area contributed by atoms with Gasteiger partial charge < -0.3 is 0 Å². The van der Waals surface area contributed by atoms with Gasteiger partial charge >= 0.3 is 0 Å². The lowest BCUT2D eigenvalue weighted by atomic mass is 10.2. The van der Waals surface area contributed by atoms with Gasteiger partial charge in [0.1, 0.15) is 0 Å². The molecule has 15 heavy (non-hydrogen) atoms. The third-order valence-electron chi connectivity index (χ3n) is 2.16. The molecule has 1 atom stereocenters. The summed E-state index contributed by atoms with van der Waals surface area (Å²) in [4.78, 5) is 0. The van der Waals surface area contributed by atoms with Crippen LogP contribution in [0.1, 0.15) is 18.9 Å². The van der Waals surface area contributed by atoms with E-state index in [2.05, 4.69) is 34.1 Å². The zero-order valence-corrected chi connectivity index (χ0v) is 10.9. The van der Waals surface area contributed by atoms with Gasteiger partial charge in [0, 0.05) is 16.0 Å². The van der Waals surface area contributed by atoms with Crippen molar-refractivity contribution in [3.05, 3.63) is 33.3 Å². The number of rotatable bonds is 4. The molecule has 0 aromatic heterocycles. The van der Waals surface area contributed by atoms with Crippen LogP contribution in [0.5, 0.6) is 0 Å². The first-order valence-corrected chi connectivity index (χ1v) is 5.98. The van der Waals surface area contributed by atoms with Crippen LogP contribution >= 0.6 is 27.5 Å². The summed E-state index contributed by atoms with van der Waals surface area (Å²) in [6, 6.07) is 5.96. The number of hydrogen-bond donors (Lipinski definition) is 1. The Bertz CT molecular complexity index is 370. The normalized spacial score (nSPS) is 12.1. The largest absolute Gasteiger partial charge is 0.300 e. The summed E-state index contributed by atoms with van der Waals surface area (Å²) in [6.45, 7) is 2.76. The van der Waals surface area contributed by atoms with Gasteiger partial charge in [-0.25, -0.2) is 0 Å². The van der Waals surface area contributed by atoms with E-state index in [4.69, 9.17) is 18.0 Å². The SMILES string of the molecule is C#CC(CC)NCc1ccc(Br)cc1Cl. The zero-order valence-electron chi connectivity index (χ0n) is 8.56. The topological polar surface area (TPSA) is 12.0 Å². The van der Waals surface area contributed by atoms with Crippen LogP contribution in [-0.4, -0.2) is 6.04 Å². The second-order valence-corrected chi connectivity index (χ2v) is 4.57. The average molecular weight is 287 g/mol. The van der Waals surface area contributed by atoms with Crippen molar-refractivity contribution in [2.45, 2.75) is 25.9 Å². The molecule has 1 N–H and O–H groups in total. The minimum absolute atomic E-state index is 0.115. The molecule has 0 saturated carbocycles. The van der Waals surface area contributed by atoms with Crippen molar-refractivity contribution in [3.8, 4) is 12.3 Å². The highest BCUT2D eigenvalue weighted by molar-refractivity contribution is 9.10. The highest BCUT2D eigenvalue weighted by atomic mass is 79.9. The van der Waals surface area contributed by atoms with E-state index >= 15 is 0 Å². The van der Waals surface area contributed by atoms with E-state index in [1.807, 2.05) is 18.2 Å². The lowest BCUT2D eigenvalue weighted by molar-refractivity contribution is 0.592. The highest BCUT2D eigenvalue weighted by Gasteiger charge is 2.04. The van der Waals surface area contributed by atoms with Gasteiger partial charge in [-0.3, -0.25) is 5.32 Å². The number of nitrogens with one attached hydrogen (secondary N) is 1. The molecule has 0 aliphatic rings. The van der Waals surface area contributed by atoms with Gasteiger partial charge in [0.15, 0.2) is 0 Å². The van der Waals surface area contributed by atoms with Crippen LogP contribution in [0.25, 0.3) is 0 Å². The molecule has 0 aliphatic heterocycles. The average Bonchev–Trinajstić information content (AvgIpc) is 2.22. The van der Waals surface area contributed by atoms with E-state index in [0.29, 0.717) is 6.54 Å². The molecule has 0 bridgehead atoms. The van der Waals surface area contributed by atoms with E-state index in [1.165, 1.54) is 0 Å². The molecule has 1 aromatic carbocycles. The Labute approximate surface area is 104 Å². The molecule has 0 spiro atoms.